The normalized spacial score (nSPS) is 10.6. The first-order valence-electron chi connectivity index (χ1n) is 7.91. The van der Waals surface area contributed by atoms with Crippen LogP contribution in [0, 0.1) is 6.92 Å². The molecule has 4 heteroatoms. The summed E-state index contributed by atoms with van der Waals surface area (Å²) in [5.41, 5.74) is 3.23. The van der Waals surface area contributed by atoms with E-state index in [1.165, 1.54) is 11.6 Å². The zero-order valence-electron chi connectivity index (χ0n) is 13.9. The van der Waals surface area contributed by atoms with Crippen molar-refractivity contribution in [3.63, 3.8) is 0 Å². The minimum Gasteiger partial charge on any atom is -0.462 e. The third-order valence-corrected chi connectivity index (χ3v) is 3.33. The number of aryl methyl sites for hydroxylation is 1. The lowest BCUT2D eigenvalue weighted by atomic mass is 10.1. The van der Waals surface area contributed by atoms with Crippen molar-refractivity contribution < 1.29 is 14.3 Å². The van der Waals surface area contributed by atoms with E-state index in [-0.39, 0.29) is 11.9 Å². The zero-order chi connectivity index (χ0) is 17.4. The number of carbonyl (C=O) groups excluding carboxylic acids is 2. The number of benzene rings is 2. The number of anilines is 1. The van der Waals surface area contributed by atoms with E-state index in [1.54, 1.807) is 30.3 Å². The molecule has 0 fully saturated rings. The fourth-order valence-electron chi connectivity index (χ4n) is 2.00. The SMILES string of the molecule is CCCOC(=O)c1ccc(NC(=O)/C=C/c2ccc(C)cc2)cc1. The van der Waals surface area contributed by atoms with E-state index in [2.05, 4.69) is 5.32 Å². The highest BCUT2D eigenvalue weighted by molar-refractivity contribution is 6.02. The smallest absolute Gasteiger partial charge is 0.338 e. The van der Waals surface area contributed by atoms with Gasteiger partial charge in [0.05, 0.1) is 12.2 Å². The fourth-order valence-corrected chi connectivity index (χ4v) is 2.00. The van der Waals surface area contributed by atoms with E-state index in [0.29, 0.717) is 17.9 Å². The van der Waals surface area contributed by atoms with E-state index in [9.17, 15) is 9.59 Å². The summed E-state index contributed by atoms with van der Waals surface area (Å²) in [5, 5.41) is 2.76. The van der Waals surface area contributed by atoms with E-state index in [1.807, 2.05) is 38.1 Å². The first-order chi connectivity index (χ1) is 11.6. The van der Waals surface area contributed by atoms with Crippen LogP contribution < -0.4 is 5.32 Å². The van der Waals surface area contributed by atoms with Crippen molar-refractivity contribution in [1.82, 2.24) is 0 Å². The topological polar surface area (TPSA) is 55.4 Å². The van der Waals surface area contributed by atoms with Gasteiger partial charge in [-0.2, -0.15) is 0 Å². The van der Waals surface area contributed by atoms with Crippen LogP contribution in [0.4, 0.5) is 5.69 Å². The lowest BCUT2D eigenvalue weighted by molar-refractivity contribution is -0.111. The van der Waals surface area contributed by atoms with Gasteiger partial charge in [-0.3, -0.25) is 4.79 Å². The maximum absolute atomic E-state index is 11.9. The Kier molecular flexibility index (Phi) is 6.32. The molecular formula is C20H21NO3. The maximum Gasteiger partial charge on any atom is 0.338 e. The van der Waals surface area contributed by atoms with Gasteiger partial charge >= 0.3 is 5.97 Å². The number of hydrogen-bond donors (Lipinski definition) is 1. The summed E-state index contributed by atoms with van der Waals surface area (Å²) < 4.78 is 5.06. The van der Waals surface area contributed by atoms with Crippen molar-refractivity contribution in [3.05, 3.63) is 71.3 Å². The molecule has 1 amide bonds. The van der Waals surface area contributed by atoms with E-state index in [0.717, 1.165) is 12.0 Å². The van der Waals surface area contributed by atoms with Gasteiger partial charge in [0.25, 0.3) is 0 Å². The molecule has 2 aromatic carbocycles. The van der Waals surface area contributed by atoms with Gasteiger partial charge in [0.15, 0.2) is 0 Å². The lowest BCUT2D eigenvalue weighted by Crippen LogP contribution is -2.09. The summed E-state index contributed by atoms with van der Waals surface area (Å²) in [4.78, 5) is 23.6. The summed E-state index contributed by atoms with van der Waals surface area (Å²) in [6.45, 7) is 4.36. The largest absolute Gasteiger partial charge is 0.462 e. The maximum atomic E-state index is 11.9. The van der Waals surface area contributed by atoms with Crippen LogP contribution in [-0.2, 0) is 9.53 Å². The Morgan fingerprint density at radius 1 is 1.04 bits per heavy atom. The molecule has 2 rings (SSSR count). The molecule has 0 aliphatic carbocycles. The number of esters is 1. The van der Waals surface area contributed by atoms with Gasteiger partial charge in [-0.25, -0.2) is 4.79 Å². The highest BCUT2D eigenvalue weighted by Crippen LogP contribution is 2.11. The summed E-state index contributed by atoms with van der Waals surface area (Å²) >= 11 is 0. The number of rotatable bonds is 6. The number of nitrogens with one attached hydrogen (secondary N) is 1. The molecule has 0 unspecified atom stereocenters. The fraction of sp³-hybridized carbons (Fsp3) is 0.200. The molecular weight excluding hydrogens is 302 g/mol. The third kappa shape index (κ3) is 5.39. The molecule has 0 aromatic heterocycles. The number of amides is 1. The number of hydrogen-bond acceptors (Lipinski definition) is 3. The minimum atomic E-state index is -0.353. The number of ether oxygens (including phenoxy) is 1. The van der Waals surface area contributed by atoms with Crippen LogP contribution >= 0.6 is 0 Å². The van der Waals surface area contributed by atoms with Gasteiger partial charge in [-0.1, -0.05) is 36.8 Å². The average Bonchev–Trinajstić information content (AvgIpc) is 2.60. The standard InChI is InChI=1S/C20H21NO3/c1-3-14-24-20(23)17-9-11-18(12-10-17)21-19(22)13-8-16-6-4-15(2)5-7-16/h4-13H,3,14H2,1-2H3,(H,21,22)/b13-8+. The van der Waals surface area contributed by atoms with Crippen molar-refractivity contribution in [2.45, 2.75) is 20.3 Å². The first-order valence-corrected chi connectivity index (χ1v) is 7.91. The first kappa shape index (κ1) is 17.5. The van der Waals surface area contributed by atoms with Crippen LogP contribution in [0.15, 0.2) is 54.6 Å². The molecule has 0 aliphatic rings. The van der Waals surface area contributed by atoms with Crippen LogP contribution in [0.3, 0.4) is 0 Å². The van der Waals surface area contributed by atoms with Crippen molar-refractivity contribution in [1.29, 1.82) is 0 Å². The van der Waals surface area contributed by atoms with Crippen LogP contribution in [0.2, 0.25) is 0 Å². The summed E-state index contributed by atoms with van der Waals surface area (Å²) in [5.74, 6) is -0.578. The Morgan fingerprint density at radius 2 is 1.71 bits per heavy atom. The van der Waals surface area contributed by atoms with E-state index >= 15 is 0 Å². The molecule has 0 saturated heterocycles. The Bertz CT molecular complexity index is 716. The van der Waals surface area contributed by atoms with Crippen LogP contribution in [0.5, 0.6) is 0 Å². The Balaban J connectivity index is 1.92. The molecule has 4 nitrogen and oxygen atoms in total. The average molecular weight is 323 g/mol. The third-order valence-electron chi connectivity index (χ3n) is 3.33. The lowest BCUT2D eigenvalue weighted by Gasteiger charge is -2.05. The molecule has 0 atom stereocenters. The van der Waals surface area contributed by atoms with E-state index in [4.69, 9.17) is 4.74 Å². The Morgan fingerprint density at radius 3 is 2.33 bits per heavy atom. The van der Waals surface area contributed by atoms with Crippen molar-refractivity contribution >= 4 is 23.6 Å². The van der Waals surface area contributed by atoms with Crippen LogP contribution in [0.1, 0.15) is 34.8 Å². The molecule has 24 heavy (non-hydrogen) atoms. The van der Waals surface area contributed by atoms with Gasteiger partial charge in [-0.15, -0.1) is 0 Å². The second-order valence-electron chi connectivity index (χ2n) is 5.45. The molecule has 2 aromatic rings. The van der Waals surface area contributed by atoms with E-state index < -0.39 is 0 Å². The predicted molar refractivity (Wildman–Crippen MR) is 95.9 cm³/mol. The molecule has 1 N–H and O–H groups in total. The van der Waals surface area contributed by atoms with Gasteiger partial charge in [0.1, 0.15) is 0 Å². The second kappa shape index (κ2) is 8.67. The predicted octanol–water partition coefficient (Wildman–Crippen LogP) is 4.21. The Hall–Kier alpha value is -2.88. The quantitative estimate of drug-likeness (QED) is 0.640. The summed E-state index contributed by atoms with van der Waals surface area (Å²) in [7, 11) is 0. The molecule has 0 radical (unpaired) electrons. The summed E-state index contributed by atoms with van der Waals surface area (Å²) in [6, 6.07) is 14.5. The monoisotopic (exact) mass is 323 g/mol. The van der Waals surface area contributed by atoms with Gasteiger partial charge < -0.3 is 10.1 Å². The van der Waals surface area contributed by atoms with Crippen molar-refractivity contribution in [3.8, 4) is 0 Å². The van der Waals surface area contributed by atoms with Gasteiger partial charge in [0, 0.05) is 11.8 Å². The highest BCUT2D eigenvalue weighted by Gasteiger charge is 2.06. The van der Waals surface area contributed by atoms with Crippen molar-refractivity contribution in [2.75, 3.05) is 11.9 Å². The minimum absolute atomic E-state index is 0.225. The number of carbonyl (C=O) groups is 2. The highest BCUT2D eigenvalue weighted by atomic mass is 16.5. The summed E-state index contributed by atoms with van der Waals surface area (Å²) in [6.07, 6.45) is 4.02. The molecule has 124 valence electrons. The van der Waals surface area contributed by atoms with Gasteiger partial charge in [-0.05, 0) is 49.2 Å². The molecule has 0 saturated carbocycles. The zero-order valence-corrected chi connectivity index (χ0v) is 13.9. The van der Waals surface area contributed by atoms with Gasteiger partial charge in [0.2, 0.25) is 5.91 Å². The molecule has 0 spiro atoms. The Labute approximate surface area is 142 Å². The van der Waals surface area contributed by atoms with Crippen LogP contribution in [0.25, 0.3) is 6.08 Å². The molecule has 0 bridgehead atoms. The van der Waals surface area contributed by atoms with Crippen molar-refractivity contribution in [2.24, 2.45) is 0 Å². The molecule has 0 heterocycles. The van der Waals surface area contributed by atoms with Crippen LogP contribution in [-0.4, -0.2) is 18.5 Å². The molecule has 0 aliphatic heterocycles. The second-order valence-corrected chi connectivity index (χ2v) is 5.45.